The molecule has 2 atom stereocenters. The van der Waals surface area contributed by atoms with Gasteiger partial charge in [-0.15, -0.1) is 0 Å². The number of aromatic nitrogens is 2. The smallest absolute Gasteiger partial charge is 0.137 e. The lowest BCUT2D eigenvalue weighted by molar-refractivity contribution is 0.0423. The molecule has 0 radical (unpaired) electrons. The first-order valence-electron chi connectivity index (χ1n) is 7.03. The monoisotopic (exact) mass is 390 g/mol. The van der Waals surface area contributed by atoms with E-state index in [2.05, 4.69) is 88.4 Å². The summed E-state index contributed by atoms with van der Waals surface area (Å²) < 4.78 is 9.60. The number of rotatable bonds is 1. The highest BCUT2D eigenvalue weighted by atomic mass is 127. The van der Waals surface area contributed by atoms with Gasteiger partial charge < -0.3 is 4.74 Å². The number of aryl methyl sites for hydroxylation is 1. The first kappa shape index (κ1) is 13.3. The van der Waals surface area contributed by atoms with Gasteiger partial charge in [-0.05, 0) is 59.7 Å². The summed E-state index contributed by atoms with van der Waals surface area (Å²) in [5.41, 5.74) is 5.69. The van der Waals surface area contributed by atoms with Crippen LogP contribution in [0, 0.1) is 10.5 Å². The fraction of sp³-hybridized carbons (Fsp3) is 0.235. The van der Waals surface area contributed by atoms with Crippen molar-refractivity contribution in [2.45, 2.75) is 26.1 Å². The molecular formula is C17H15IN2O. The number of nitrogens with zero attached hydrogens (tertiary/aromatic N) is 2. The van der Waals surface area contributed by atoms with Crippen molar-refractivity contribution < 1.29 is 4.74 Å². The Morgan fingerprint density at radius 2 is 1.90 bits per heavy atom. The number of hydrogen-bond acceptors (Lipinski definition) is 2. The maximum absolute atomic E-state index is 6.24. The molecule has 0 aliphatic carbocycles. The zero-order valence-corrected chi connectivity index (χ0v) is 14.0. The average Bonchev–Trinajstić information content (AvgIpc) is 2.96. The number of halogens is 1. The van der Waals surface area contributed by atoms with Gasteiger partial charge in [-0.1, -0.05) is 24.3 Å². The molecule has 3 nitrogen and oxygen atoms in total. The third-order valence-electron chi connectivity index (χ3n) is 4.11. The molecule has 2 aromatic heterocycles. The van der Waals surface area contributed by atoms with Crippen molar-refractivity contribution in [2.24, 2.45) is 0 Å². The topological polar surface area (TPSA) is 26.5 Å². The lowest BCUT2D eigenvalue weighted by Gasteiger charge is -2.13. The summed E-state index contributed by atoms with van der Waals surface area (Å²) in [7, 11) is 0. The molecule has 0 spiro atoms. The van der Waals surface area contributed by atoms with Crippen molar-refractivity contribution in [2.75, 3.05) is 0 Å². The number of benzene rings is 1. The first-order chi connectivity index (χ1) is 10.1. The number of pyridine rings is 1. The zero-order chi connectivity index (χ0) is 14.6. The summed E-state index contributed by atoms with van der Waals surface area (Å²) in [6.07, 6.45) is 2.21. The van der Waals surface area contributed by atoms with E-state index in [0.29, 0.717) is 0 Å². The van der Waals surface area contributed by atoms with Crippen molar-refractivity contribution in [3.8, 4) is 0 Å². The second-order valence-electron chi connectivity index (χ2n) is 5.45. The van der Waals surface area contributed by atoms with Gasteiger partial charge in [0.2, 0.25) is 0 Å². The number of fused-ring (bicyclic) bond motifs is 2. The first-order valence-corrected chi connectivity index (χ1v) is 8.11. The van der Waals surface area contributed by atoms with Crippen LogP contribution in [0.2, 0.25) is 0 Å². The Bertz CT molecular complexity index is 840. The highest BCUT2D eigenvalue weighted by Crippen LogP contribution is 2.43. The zero-order valence-electron chi connectivity index (χ0n) is 11.9. The van der Waals surface area contributed by atoms with Crippen molar-refractivity contribution in [3.63, 3.8) is 0 Å². The molecular weight excluding hydrogens is 375 g/mol. The van der Waals surface area contributed by atoms with Crippen LogP contribution < -0.4 is 0 Å². The largest absolute Gasteiger partial charge is 0.360 e. The molecule has 0 saturated carbocycles. The lowest BCUT2D eigenvalue weighted by atomic mass is 10.0. The molecule has 4 heteroatoms. The van der Waals surface area contributed by atoms with Crippen LogP contribution >= 0.6 is 22.6 Å². The van der Waals surface area contributed by atoms with E-state index in [9.17, 15) is 0 Å². The van der Waals surface area contributed by atoms with E-state index in [1.54, 1.807) is 0 Å². The number of ether oxygens (including phenoxy) is 1. The quantitative estimate of drug-likeness (QED) is 0.575. The van der Waals surface area contributed by atoms with Gasteiger partial charge in [0, 0.05) is 9.77 Å². The van der Waals surface area contributed by atoms with Crippen LogP contribution in [-0.4, -0.2) is 9.38 Å². The van der Waals surface area contributed by atoms with Gasteiger partial charge in [-0.2, -0.15) is 0 Å². The normalized spacial score (nSPS) is 20.9. The molecule has 1 aromatic carbocycles. The Labute approximate surface area is 137 Å². The summed E-state index contributed by atoms with van der Waals surface area (Å²) in [6, 6.07) is 12.6. The second kappa shape index (κ2) is 4.81. The van der Waals surface area contributed by atoms with Crippen molar-refractivity contribution in [1.82, 2.24) is 9.38 Å². The van der Waals surface area contributed by atoms with Gasteiger partial charge in [0.1, 0.15) is 11.8 Å². The molecule has 21 heavy (non-hydrogen) atoms. The summed E-state index contributed by atoms with van der Waals surface area (Å²) in [5, 5.41) is 0. The number of hydrogen-bond donors (Lipinski definition) is 0. The minimum absolute atomic E-state index is 0.0376. The van der Waals surface area contributed by atoms with Gasteiger partial charge in [0.25, 0.3) is 0 Å². The van der Waals surface area contributed by atoms with Crippen molar-refractivity contribution >= 4 is 28.2 Å². The molecule has 1 aliphatic heterocycles. The molecule has 0 saturated heterocycles. The standard InChI is InChI=1S/C17H15IN2O/c1-10-16(20-9-12(18)7-8-15(20)19-10)17-14-6-4-3-5-13(14)11(2)21-17/h3-9,11,17H,1-2H3/t11-,17?/m1/s1. The fourth-order valence-corrected chi connectivity index (χ4v) is 3.61. The molecule has 3 heterocycles. The minimum Gasteiger partial charge on any atom is -0.360 e. The molecule has 1 unspecified atom stereocenters. The molecule has 0 fully saturated rings. The molecule has 0 bridgehead atoms. The molecule has 1 aliphatic rings. The van der Waals surface area contributed by atoms with E-state index in [-0.39, 0.29) is 12.2 Å². The van der Waals surface area contributed by atoms with E-state index in [1.165, 1.54) is 14.7 Å². The Balaban J connectivity index is 1.96. The van der Waals surface area contributed by atoms with Gasteiger partial charge in [0.15, 0.2) is 0 Å². The second-order valence-corrected chi connectivity index (χ2v) is 6.69. The Hall–Kier alpha value is -1.40. The summed E-state index contributed by atoms with van der Waals surface area (Å²) >= 11 is 2.33. The van der Waals surface area contributed by atoms with Gasteiger partial charge in [0.05, 0.1) is 17.5 Å². The molecule has 0 amide bonds. The van der Waals surface area contributed by atoms with E-state index < -0.39 is 0 Å². The van der Waals surface area contributed by atoms with Gasteiger partial charge in [-0.3, -0.25) is 4.40 Å². The van der Waals surface area contributed by atoms with Gasteiger partial charge in [-0.25, -0.2) is 4.98 Å². The van der Waals surface area contributed by atoms with Crippen molar-refractivity contribution in [3.05, 3.63) is 68.7 Å². The summed E-state index contributed by atoms with van der Waals surface area (Å²) in [6.45, 7) is 4.17. The van der Waals surface area contributed by atoms with Crippen LogP contribution in [0.1, 0.15) is 41.6 Å². The Kier molecular flexibility index (Phi) is 3.04. The number of imidazole rings is 1. The van der Waals surface area contributed by atoms with Crippen LogP contribution in [0.5, 0.6) is 0 Å². The Morgan fingerprint density at radius 1 is 1.14 bits per heavy atom. The molecule has 4 rings (SSSR count). The summed E-state index contributed by atoms with van der Waals surface area (Å²) in [4.78, 5) is 4.68. The highest BCUT2D eigenvalue weighted by molar-refractivity contribution is 14.1. The van der Waals surface area contributed by atoms with Crippen LogP contribution in [0.15, 0.2) is 42.6 Å². The van der Waals surface area contributed by atoms with Crippen LogP contribution in [0.4, 0.5) is 0 Å². The van der Waals surface area contributed by atoms with Crippen LogP contribution in [0.25, 0.3) is 5.65 Å². The van der Waals surface area contributed by atoms with E-state index >= 15 is 0 Å². The van der Waals surface area contributed by atoms with Gasteiger partial charge >= 0.3 is 0 Å². The van der Waals surface area contributed by atoms with E-state index in [0.717, 1.165) is 17.0 Å². The SMILES string of the molecule is Cc1nc2ccc(I)cn2c1C1O[C@H](C)c2ccccc21. The summed E-state index contributed by atoms with van der Waals surface area (Å²) in [5.74, 6) is 0. The third-order valence-corrected chi connectivity index (χ3v) is 4.75. The highest BCUT2D eigenvalue weighted by Gasteiger charge is 2.33. The molecule has 0 N–H and O–H groups in total. The van der Waals surface area contributed by atoms with E-state index in [1.807, 2.05) is 0 Å². The van der Waals surface area contributed by atoms with E-state index in [4.69, 9.17) is 4.74 Å². The minimum atomic E-state index is -0.0376. The predicted molar refractivity (Wildman–Crippen MR) is 90.4 cm³/mol. The van der Waals surface area contributed by atoms with Crippen LogP contribution in [0.3, 0.4) is 0 Å². The molecule has 3 aromatic rings. The third kappa shape index (κ3) is 2.00. The molecule has 106 valence electrons. The van der Waals surface area contributed by atoms with Crippen LogP contribution in [-0.2, 0) is 4.74 Å². The maximum atomic E-state index is 6.24. The predicted octanol–water partition coefficient (Wildman–Crippen LogP) is 4.43. The fourth-order valence-electron chi connectivity index (χ4n) is 3.15. The maximum Gasteiger partial charge on any atom is 0.137 e. The average molecular weight is 390 g/mol. The van der Waals surface area contributed by atoms with Crippen molar-refractivity contribution in [1.29, 1.82) is 0 Å². The Morgan fingerprint density at radius 3 is 2.71 bits per heavy atom. The lowest BCUT2D eigenvalue weighted by Crippen LogP contribution is -2.05.